The van der Waals surface area contributed by atoms with Gasteiger partial charge < -0.3 is 15.2 Å². The van der Waals surface area contributed by atoms with Gasteiger partial charge in [-0.05, 0) is 46.8 Å². The van der Waals surface area contributed by atoms with Gasteiger partial charge in [0.05, 0.1) is 10.6 Å². The Morgan fingerprint density at radius 3 is 2.94 bits per heavy atom. The van der Waals surface area contributed by atoms with Crippen LogP contribution >= 0.6 is 15.9 Å². The van der Waals surface area contributed by atoms with E-state index < -0.39 is 5.82 Å². The van der Waals surface area contributed by atoms with Crippen LogP contribution in [-0.4, -0.2) is 19.3 Å². The highest BCUT2D eigenvalue weighted by atomic mass is 79.9. The van der Waals surface area contributed by atoms with Crippen LogP contribution in [-0.2, 0) is 11.3 Å². The number of rotatable bonds is 4. The van der Waals surface area contributed by atoms with Gasteiger partial charge in [0.2, 0.25) is 0 Å². The maximum Gasteiger partial charge on any atom is 0.179 e. The zero-order valence-corrected chi connectivity index (χ0v) is 11.7. The molecule has 0 aliphatic carbocycles. The second-order valence-corrected chi connectivity index (χ2v) is 5.15. The van der Waals surface area contributed by atoms with Crippen LogP contribution in [0.25, 0.3) is 0 Å². The molecule has 2 rings (SSSR count). The Morgan fingerprint density at radius 1 is 1.44 bits per heavy atom. The monoisotopic (exact) mass is 317 g/mol. The van der Waals surface area contributed by atoms with Gasteiger partial charge in [-0.25, -0.2) is 4.39 Å². The van der Waals surface area contributed by atoms with Crippen LogP contribution in [0.1, 0.15) is 24.8 Å². The molecule has 2 N–H and O–H groups in total. The molecule has 1 aliphatic heterocycles. The lowest BCUT2D eigenvalue weighted by atomic mass is 10.1. The Labute approximate surface area is 115 Å². The quantitative estimate of drug-likeness (QED) is 0.928. The van der Waals surface area contributed by atoms with Crippen LogP contribution in [0.5, 0.6) is 5.75 Å². The van der Waals surface area contributed by atoms with Crippen molar-refractivity contribution in [2.75, 3.05) is 13.2 Å². The summed E-state index contributed by atoms with van der Waals surface area (Å²) in [6.45, 7) is 1.46. The highest BCUT2D eigenvalue weighted by Gasteiger charge is 2.17. The lowest BCUT2D eigenvalue weighted by Crippen LogP contribution is -2.26. The highest BCUT2D eigenvalue weighted by molar-refractivity contribution is 9.10. The molecule has 1 aromatic carbocycles. The van der Waals surface area contributed by atoms with E-state index in [1.165, 1.54) is 0 Å². The maximum atomic E-state index is 13.9. The van der Waals surface area contributed by atoms with Gasteiger partial charge in [-0.1, -0.05) is 6.07 Å². The van der Waals surface area contributed by atoms with Crippen LogP contribution < -0.4 is 10.5 Å². The molecular weight excluding hydrogens is 301 g/mol. The van der Waals surface area contributed by atoms with Gasteiger partial charge in [0, 0.05) is 13.2 Å². The summed E-state index contributed by atoms with van der Waals surface area (Å²) in [4.78, 5) is 0. The number of ether oxygens (including phenoxy) is 2. The maximum absolute atomic E-state index is 13.9. The first-order chi connectivity index (χ1) is 8.72. The van der Waals surface area contributed by atoms with E-state index in [0.717, 1.165) is 31.4 Å². The SMILES string of the molecule is NCc1ccc(OCC2CCCCO2)c(F)c1Br. The van der Waals surface area contributed by atoms with Gasteiger partial charge in [0.25, 0.3) is 0 Å². The smallest absolute Gasteiger partial charge is 0.179 e. The molecule has 18 heavy (non-hydrogen) atoms. The van der Waals surface area contributed by atoms with Gasteiger partial charge in [-0.2, -0.15) is 0 Å². The van der Waals surface area contributed by atoms with Crippen LogP contribution in [0, 0.1) is 5.82 Å². The van der Waals surface area contributed by atoms with Gasteiger partial charge in [0.1, 0.15) is 6.61 Å². The van der Waals surface area contributed by atoms with Crippen LogP contribution in [0.4, 0.5) is 4.39 Å². The molecule has 0 radical (unpaired) electrons. The average molecular weight is 318 g/mol. The lowest BCUT2D eigenvalue weighted by Gasteiger charge is -2.22. The Morgan fingerprint density at radius 2 is 2.28 bits per heavy atom. The molecule has 0 bridgehead atoms. The van der Waals surface area contributed by atoms with Crippen LogP contribution in [0.15, 0.2) is 16.6 Å². The fraction of sp³-hybridized carbons (Fsp3) is 0.538. The third-order valence-electron chi connectivity index (χ3n) is 3.05. The van der Waals surface area contributed by atoms with Gasteiger partial charge in [0.15, 0.2) is 11.6 Å². The molecule has 0 spiro atoms. The number of nitrogens with two attached hydrogens (primary N) is 1. The first kappa shape index (κ1) is 13.8. The summed E-state index contributed by atoms with van der Waals surface area (Å²) >= 11 is 3.19. The van der Waals surface area contributed by atoms with Crippen molar-refractivity contribution in [1.29, 1.82) is 0 Å². The van der Waals surface area contributed by atoms with Crippen molar-refractivity contribution >= 4 is 15.9 Å². The summed E-state index contributed by atoms with van der Waals surface area (Å²) < 4.78 is 25.3. The van der Waals surface area contributed by atoms with Crippen molar-refractivity contribution in [2.24, 2.45) is 5.73 Å². The van der Waals surface area contributed by atoms with Crippen LogP contribution in [0.2, 0.25) is 0 Å². The minimum atomic E-state index is -0.395. The van der Waals surface area contributed by atoms with Gasteiger partial charge in [-0.3, -0.25) is 0 Å². The summed E-state index contributed by atoms with van der Waals surface area (Å²) in [6, 6.07) is 3.38. The van der Waals surface area contributed by atoms with Gasteiger partial charge >= 0.3 is 0 Å². The number of halogens is 2. The molecule has 1 fully saturated rings. The minimum absolute atomic E-state index is 0.0751. The first-order valence-corrected chi connectivity index (χ1v) is 6.93. The third kappa shape index (κ3) is 3.22. The predicted molar refractivity (Wildman–Crippen MR) is 71.1 cm³/mol. The van der Waals surface area contributed by atoms with E-state index in [-0.39, 0.29) is 11.9 Å². The van der Waals surface area contributed by atoms with E-state index in [1.807, 2.05) is 0 Å². The molecule has 0 saturated carbocycles. The molecule has 100 valence electrons. The summed E-state index contributed by atoms with van der Waals surface area (Å²) in [5.41, 5.74) is 6.23. The minimum Gasteiger partial charge on any atom is -0.488 e. The lowest BCUT2D eigenvalue weighted by molar-refractivity contribution is -0.0117. The standard InChI is InChI=1S/C13H17BrFNO2/c14-12-9(7-16)4-5-11(13(12)15)18-8-10-3-1-2-6-17-10/h4-5,10H,1-3,6-8,16H2. The molecule has 1 aliphatic rings. The normalized spacial score (nSPS) is 19.8. The first-order valence-electron chi connectivity index (χ1n) is 6.13. The summed E-state index contributed by atoms with van der Waals surface area (Å²) in [5, 5.41) is 0. The Hall–Kier alpha value is -0.650. The fourth-order valence-corrected chi connectivity index (χ4v) is 2.45. The van der Waals surface area contributed by atoms with Crippen molar-refractivity contribution in [3.8, 4) is 5.75 Å². The fourth-order valence-electron chi connectivity index (χ4n) is 1.96. The molecule has 0 amide bonds. The number of hydrogen-bond acceptors (Lipinski definition) is 3. The van der Waals surface area contributed by atoms with Crippen molar-refractivity contribution < 1.29 is 13.9 Å². The highest BCUT2D eigenvalue weighted by Crippen LogP contribution is 2.29. The van der Waals surface area contributed by atoms with E-state index in [1.54, 1.807) is 12.1 Å². The molecule has 0 aromatic heterocycles. The molecule has 3 nitrogen and oxygen atoms in total. The van der Waals surface area contributed by atoms with E-state index >= 15 is 0 Å². The molecule has 1 heterocycles. The Kier molecular flexibility index (Phi) is 4.97. The average Bonchev–Trinajstić information content (AvgIpc) is 2.42. The molecule has 1 atom stereocenters. The van der Waals surface area contributed by atoms with E-state index in [9.17, 15) is 4.39 Å². The molecule has 1 unspecified atom stereocenters. The Balaban J connectivity index is 1.98. The van der Waals surface area contributed by atoms with E-state index in [2.05, 4.69) is 15.9 Å². The summed E-state index contributed by atoms with van der Waals surface area (Å²) in [7, 11) is 0. The van der Waals surface area contributed by atoms with Crippen LogP contribution in [0.3, 0.4) is 0 Å². The van der Waals surface area contributed by atoms with Crippen molar-refractivity contribution in [3.05, 3.63) is 28.0 Å². The van der Waals surface area contributed by atoms with Crippen molar-refractivity contribution in [2.45, 2.75) is 31.9 Å². The second-order valence-electron chi connectivity index (χ2n) is 4.35. The number of hydrogen-bond donors (Lipinski definition) is 1. The largest absolute Gasteiger partial charge is 0.488 e. The predicted octanol–water partition coefficient (Wildman–Crippen LogP) is 2.99. The van der Waals surface area contributed by atoms with E-state index in [4.69, 9.17) is 15.2 Å². The molecule has 1 saturated heterocycles. The molecule has 1 aromatic rings. The molecular formula is C13H17BrFNO2. The van der Waals surface area contributed by atoms with Crippen molar-refractivity contribution in [1.82, 2.24) is 0 Å². The Bertz CT molecular complexity index is 408. The number of benzene rings is 1. The zero-order chi connectivity index (χ0) is 13.0. The topological polar surface area (TPSA) is 44.5 Å². The summed E-state index contributed by atoms with van der Waals surface area (Å²) in [5.74, 6) is -0.151. The zero-order valence-electron chi connectivity index (χ0n) is 10.1. The van der Waals surface area contributed by atoms with Crippen molar-refractivity contribution in [3.63, 3.8) is 0 Å². The second kappa shape index (κ2) is 6.50. The third-order valence-corrected chi connectivity index (χ3v) is 3.90. The molecule has 5 heteroatoms. The van der Waals surface area contributed by atoms with Gasteiger partial charge in [-0.15, -0.1) is 0 Å². The van der Waals surface area contributed by atoms with E-state index in [0.29, 0.717) is 17.6 Å². The summed E-state index contributed by atoms with van der Waals surface area (Å²) in [6.07, 6.45) is 3.29.